The first-order valence-electron chi connectivity index (χ1n) is 9.68. The number of para-hydroxylation sites is 2. The van der Waals surface area contributed by atoms with Crippen LogP contribution in [0.25, 0.3) is 11.0 Å². The van der Waals surface area contributed by atoms with E-state index in [1.807, 2.05) is 89.5 Å². The number of aromatic nitrogens is 2. The zero-order chi connectivity index (χ0) is 20.1. The predicted octanol–water partition coefficient (Wildman–Crippen LogP) is 3.63. The Morgan fingerprint density at radius 3 is 2.34 bits per heavy atom. The standard InChI is InChI=1S/C24H23N3O2/c28-22(19-11-5-2-6-12-19)17-27-21-14-8-7-13-20(21)26-23(27)15-24(29)25-16-18-9-3-1-4-10-18/h1-14,22,28H,15-17H2,(H,25,29)/t22-/m1/s1. The number of nitrogens with one attached hydrogen (secondary N) is 1. The number of hydrogen-bond acceptors (Lipinski definition) is 3. The van der Waals surface area contributed by atoms with Crippen LogP contribution in [-0.2, 0) is 24.3 Å². The Morgan fingerprint density at radius 2 is 1.59 bits per heavy atom. The normalized spacial score (nSPS) is 12.0. The molecule has 3 aromatic carbocycles. The maximum absolute atomic E-state index is 12.5. The predicted molar refractivity (Wildman–Crippen MR) is 113 cm³/mol. The molecular formula is C24H23N3O2. The number of hydrogen-bond donors (Lipinski definition) is 2. The molecule has 2 N–H and O–H groups in total. The molecule has 1 atom stereocenters. The van der Waals surface area contributed by atoms with Crippen LogP contribution >= 0.6 is 0 Å². The third-order valence-electron chi connectivity index (χ3n) is 4.92. The van der Waals surface area contributed by atoms with E-state index < -0.39 is 6.10 Å². The second-order valence-electron chi connectivity index (χ2n) is 6.99. The highest BCUT2D eigenvalue weighted by Crippen LogP contribution is 2.21. The van der Waals surface area contributed by atoms with E-state index in [-0.39, 0.29) is 12.3 Å². The molecule has 0 aliphatic rings. The van der Waals surface area contributed by atoms with Crippen molar-refractivity contribution in [2.45, 2.75) is 25.6 Å². The summed E-state index contributed by atoms with van der Waals surface area (Å²) < 4.78 is 1.94. The van der Waals surface area contributed by atoms with E-state index in [0.717, 1.165) is 22.2 Å². The van der Waals surface area contributed by atoms with Gasteiger partial charge in [-0.15, -0.1) is 0 Å². The van der Waals surface area contributed by atoms with Crippen LogP contribution in [0, 0.1) is 0 Å². The number of benzene rings is 3. The minimum absolute atomic E-state index is 0.0976. The molecule has 5 heteroatoms. The summed E-state index contributed by atoms with van der Waals surface area (Å²) in [6.45, 7) is 0.818. The van der Waals surface area contributed by atoms with Gasteiger partial charge in [-0.25, -0.2) is 4.98 Å². The molecule has 0 unspecified atom stereocenters. The summed E-state index contributed by atoms with van der Waals surface area (Å²) in [4.78, 5) is 17.2. The molecule has 0 aliphatic heterocycles. The van der Waals surface area contributed by atoms with Gasteiger partial charge in [0.2, 0.25) is 5.91 Å². The first-order valence-corrected chi connectivity index (χ1v) is 9.68. The second kappa shape index (κ2) is 8.71. The van der Waals surface area contributed by atoms with Gasteiger partial charge in [0.25, 0.3) is 0 Å². The number of imidazole rings is 1. The highest BCUT2D eigenvalue weighted by molar-refractivity contribution is 5.81. The summed E-state index contributed by atoms with van der Waals surface area (Å²) >= 11 is 0. The lowest BCUT2D eigenvalue weighted by molar-refractivity contribution is -0.120. The van der Waals surface area contributed by atoms with Gasteiger partial charge < -0.3 is 15.0 Å². The molecule has 4 aromatic rings. The van der Waals surface area contributed by atoms with E-state index in [4.69, 9.17) is 0 Å². The molecule has 0 radical (unpaired) electrons. The maximum Gasteiger partial charge on any atom is 0.227 e. The number of amides is 1. The summed E-state index contributed by atoms with van der Waals surface area (Å²) in [5.41, 5.74) is 3.62. The highest BCUT2D eigenvalue weighted by Gasteiger charge is 2.17. The Bertz CT molecular complexity index is 1090. The number of carbonyl (C=O) groups excluding carboxylic acids is 1. The highest BCUT2D eigenvalue weighted by atomic mass is 16.3. The quantitative estimate of drug-likeness (QED) is 0.511. The zero-order valence-corrected chi connectivity index (χ0v) is 16.0. The van der Waals surface area contributed by atoms with Crippen molar-refractivity contribution in [3.05, 3.63) is 102 Å². The molecule has 29 heavy (non-hydrogen) atoms. The van der Waals surface area contributed by atoms with Crippen LogP contribution in [0.15, 0.2) is 84.9 Å². The van der Waals surface area contributed by atoms with Crippen LogP contribution in [0.5, 0.6) is 0 Å². The number of carbonyl (C=O) groups is 1. The van der Waals surface area contributed by atoms with Crippen molar-refractivity contribution in [1.29, 1.82) is 0 Å². The van der Waals surface area contributed by atoms with Crippen molar-refractivity contribution in [2.75, 3.05) is 0 Å². The van der Waals surface area contributed by atoms with Gasteiger partial charge in [-0.1, -0.05) is 72.8 Å². The largest absolute Gasteiger partial charge is 0.387 e. The fourth-order valence-corrected chi connectivity index (χ4v) is 3.42. The van der Waals surface area contributed by atoms with Gasteiger partial charge >= 0.3 is 0 Å². The Balaban J connectivity index is 1.54. The number of nitrogens with zero attached hydrogens (tertiary/aromatic N) is 2. The number of aliphatic hydroxyl groups is 1. The molecule has 5 nitrogen and oxygen atoms in total. The summed E-state index contributed by atoms with van der Waals surface area (Å²) in [6, 6.07) is 27.1. The van der Waals surface area contributed by atoms with E-state index in [0.29, 0.717) is 18.9 Å². The van der Waals surface area contributed by atoms with Crippen LogP contribution in [0.3, 0.4) is 0 Å². The van der Waals surface area contributed by atoms with Crippen LogP contribution < -0.4 is 5.32 Å². The third-order valence-corrected chi connectivity index (χ3v) is 4.92. The Hall–Kier alpha value is -3.44. The van der Waals surface area contributed by atoms with Crippen LogP contribution in [0.2, 0.25) is 0 Å². The number of rotatable bonds is 7. The van der Waals surface area contributed by atoms with Gasteiger partial charge in [0.05, 0.1) is 30.1 Å². The average molecular weight is 385 g/mol. The minimum atomic E-state index is -0.681. The first kappa shape index (κ1) is 18.9. The molecular weight excluding hydrogens is 362 g/mol. The fraction of sp³-hybridized carbons (Fsp3) is 0.167. The SMILES string of the molecule is O=C(Cc1nc2ccccc2n1C[C@@H](O)c1ccccc1)NCc1ccccc1. The zero-order valence-electron chi connectivity index (χ0n) is 16.0. The van der Waals surface area contributed by atoms with Gasteiger partial charge in [-0.05, 0) is 23.3 Å². The molecule has 0 spiro atoms. The van der Waals surface area contributed by atoms with E-state index in [2.05, 4.69) is 10.3 Å². The molecule has 146 valence electrons. The molecule has 0 saturated heterocycles. The molecule has 1 aromatic heterocycles. The lowest BCUT2D eigenvalue weighted by atomic mass is 10.1. The average Bonchev–Trinajstić information content (AvgIpc) is 3.10. The van der Waals surface area contributed by atoms with Gasteiger partial charge in [0.1, 0.15) is 5.82 Å². The third kappa shape index (κ3) is 4.52. The molecule has 0 aliphatic carbocycles. The van der Waals surface area contributed by atoms with E-state index in [9.17, 15) is 9.90 Å². The van der Waals surface area contributed by atoms with Crippen molar-refractivity contribution in [2.24, 2.45) is 0 Å². The van der Waals surface area contributed by atoms with E-state index in [1.54, 1.807) is 0 Å². The van der Waals surface area contributed by atoms with E-state index in [1.165, 1.54) is 0 Å². The van der Waals surface area contributed by atoms with Gasteiger partial charge in [-0.2, -0.15) is 0 Å². The molecule has 4 rings (SSSR count). The summed E-state index contributed by atoms with van der Waals surface area (Å²) in [7, 11) is 0. The molecule has 1 heterocycles. The van der Waals surface area contributed by atoms with Gasteiger partial charge in [0.15, 0.2) is 0 Å². The van der Waals surface area contributed by atoms with Crippen molar-refractivity contribution < 1.29 is 9.90 Å². The van der Waals surface area contributed by atoms with Crippen LogP contribution in [0.1, 0.15) is 23.1 Å². The Labute approximate surface area is 169 Å². The number of aliphatic hydroxyl groups excluding tert-OH is 1. The Morgan fingerprint density at radius 1 is 0.931 bits per heavy atom. The van der Waals surface area contributed by atoms with Gasteiger partial charge in [0, 0.05) is 6.54 Å². The van der Waals surface area contributed by atoms with Crippen LogP contribution in [0.4, 0.5) is 0 Å². The number of fused-ring (bicyclic) bond motifs is 1. The maximum atomic E-state index is 12.5. The summed E-state index contributed by atoms with van der Waals surface area (Å²) in [5.74, 6) is 0.548. The minimum Gasteiger partial charge on any atom is -0.387 e. The summed E-state index contributed by atoms with van der Waals surface area (Å²) in [6.07, 6.45) is -0.525. The monoisotopic (exact) mass is 385 g/mol. The first-order chi connectivity index (χ1) is 14.2. The molecule has 0 bridgehead atoms. The van der Waals surface area contributed by atoms with Crippen molar-refractivity contribution in [3.8, 4) is 0 Å². The molecule has 0 fully saturated rings. The lowest BCUT2D eigenvalue weighted by Gasteiger charge is -2.15. The molecule has 0 saturated carbocycles. The Kier molecular flexibility index (Phi) is 5.68. The smallest absolute Gasteiger partial charge is 0.227 e. The fourth-order valence-electron chi connectivity index (χ4n) is 3.42. The van der Waals surface area contributed by atoms with E-state index >= 15 is 0 Å². The van der Waals surface area contributed by atoms with Gasteiger partial charge in [-0.3, -0.25) is 4.79 Å². The molecule has 1 amide bonds. The summed E-state index contributed by atoms with van der Waals surface area (Å²) in [5, 5.41) is 13.7. The van der Waals surface area contributed by atoms with Crippen molar-refractivity contribution >= 4 is 16.9 Å². The topological polar surface area (TPSA) is 67.2 Å². The van der Waals surface area contributed by atoms with Crippen molar-refractivity contribution in [3.63, 3.8) is 0 Å². The van der Waals surface area contributed by atoms with Crippen LogP contribution in [-0.4, -0.2) is 20.6 Å². The second-order valence-corrected chi connectivity index (χ2v) is 6.99. The lowest BCUT2D eigenvalue weighted by Crippen LogP contribution is -2.26. The van der Waals surface area contributed by atoms with Crippen molar-refractivity contribution in [1.82, 2.24) is 14.9 Å².